The highest BCUT2D eigenvalue weighted by Gasteiger charge is 2.40. The molecule has 88 heavy (non-hydrogen) atoms. The topological polar surface area (TPSA) is 235 Å². The van der Waals surface area contributed by atoms with Crippen molar-refractivity contribution in [3.05, 3.63) is 175 Å². The van der Waals surface area contributed by atoms with Crippen molar-refractivity contribution in [2.75, 3.05) is 49.2 Å². The first-order chi connectivity index (χ1) is 42.4. The Balaban J connectivity index is 0.000000160. The van der Waals surface area contributed by atoms with E-state index in [2.05, 4.69) is 121 Å². The molecule has 0 unspecified atom stereocenters. The monoisotopic (exact) mass is 1230 g/mol. The van der Waals surface area contributed by atoms with Crippen molar-refractivity contribution in [3.63, 3.8) is 0 Å². The average molecular weight is 1240 g/mol. The highest BCUT2D eigenvalue weighted by atomic mass is 31.1. The summed E-state index contributed by atoms with van der Waals surface area (Å²) in [6, 6.07) is 39.8. The van der Waals surface area contributed by atoms with E-state index >= 15 is 0 Å². The third-order valence-corrected chi connectivity index (χ3v) is 16.0. The predicted molar refractivity (Wildman–Crippen MR) is 317 cm³/mol. The van der Waals surface area contributed by atoms with Gasteiger partial charge in [0.05, 0.1) is 17.4 Å². The highest BCUT2D eigenvalue weighted by molar-refractivity contribution is 7.79. The molecular weight excluding hydrogens is 1170 g/mol. The van der Waals surface area contributed by atoms with Crippen LogP contribution in [0.15, 0.2) is 161 Å². The number of alkyl halides is 6. The molecule has 11 rings (SSSR count). The number of fused-ring (bicyclic) bond motifs is 2. The Bertz CT molecular complexity index is 3650. The minimum Gasteiger partial charge on any atom is -0.508 e. The number of hydrogen-bond acceptors (Lipinski definition) is 15. The first-order valence-electron chi connectivity index (χ1n) is 28.1. The van der Waals surface area contributed by atoms with Crippen LogP contribution < -0.4 is 30.5 Å². The molecule has 0 bridgehead atoms. The van der Waals surface area contributed by atoms with Crippen molar-refractivity contribution in [1.29, 1.82) is 0 Å². The standard InChI is InChI=1S/C22H22F3N5O4.C18H15P.C11H10F3NO2.C11H14N4O3/c1-2-5-14-16(7-6-15-18(14)34-28-19(15)22(23,24)25)33-13-4-11-29-17(31)8-12-30(21(29)32)20-26-9-3-10-27-20;1-4-10-16(11-5-1)19(17-12-6-2-7-13-17)18-14-8-3-9-15-18;1-2-3-6-8(16)5-4-7-9(6)17-15-10(7)11(12,13)14;16-8-2-6-14-9(17)3-7-15(11(14)18)10-12-4-1-5-13-10/h3,6-7,9-10H,2,4-5,8,11-13H2,1H3;1-15H;4-5,16H,2-3H2,1H3;1,4-5,16H,2-3,6-8H2. The number of ether oxygens (including phenoxy) is 1. The second-order valence-corrected chi connectivity index (χ2v) is 21.8. The third-order valence-electron chi connectivity index (χ3n) is 13.5. The molecule has 0 radical (unpaired) electrons. The molecule has 2 N–H and O–H groups in total. The number of phenolic OH excluding ortho intramolecular Hbond substituents is 1. The number of carbonyl (C=O) groups excluding carboxylic acids is 4. The van der Waals surface area contributed by atoms with Gasteiger partial charge < -0.3 is 24.0 Å². The summed E-state index contributed by atoms with van der Waals surface area (Å²) in [6.07, 6.45) is 0.274. The van der Waals surface area contributed by atoms with Crippen LogP contribution in [0.25, 0.3) is 21.9 Å². The number of halogens is 6. The minimum absolute atomic E-state index is 0.0131. The molecule has 0 atom stereocenters. The van der Waals surface area contributed by atoms with E-state index in [-0.39, 0.29) is 97.7 Å². The number of aliphatic hydroxyl groups excluding tert-OH is 1. The molecule has 6 heterocycles. The van der Waals surface area contributed by atoms with Gasteiger partial charge in [-0.15, -0.1) is 0 Å². The summed E-state index contributed by atoms with van der Waals surface area (Å²) in [5, 5.41) is 28.6. The lowest BCUT2D eigenvalue weighted by Gasteiger charge is -2.32. The largest absolute Gasteiger partial charge is 0.508 e. The number of carbonyl (C=O) groups is 4. The van der Waals surface area contributed by atoms with E-state index in [1.165, 1.54) is 62.4 Å². The van der Waals surface area contributed by atoms with Crippen molar-refractivity contribution in [1.82, 2.24) is 40.0 Å². The molecule has 2 aliphatic rings. The van der Waals surface area contributed by atoms with E-state index in [0.29, 0.717) is 61.3 Å². The van der Waals surface area contributed by atoms with E-state index in [9.17, 15) is 50.6 Å². The van der Waals surface area contributed by atoms with Crippen LogP contribution in [0, 0.1) is 0 Å². The number of phenols is 1. The number of nitrogens with zero attached hydrogens (tertiary/aromatic N) is 10. The van der Waals surface area contributed by atoms with E-state index in [1.807, 2.05) is 13.8 Å². The number of hydrogen-bond donors (Lipinski definition) is 2. The van der Waals surface area contributed by atoms with Gasteiger partial charge in [0.15, 0.2) is 22.6 Å². The summed E-state index contributed by atoms with van der Waals surface area (Å²) in [4.78, 5) is 69.9. The summed E-state index contributed by atoms with van der Waals surface area (Å²) >= 11 is 0. The van der Waals surface area contributed by atoms with Crippen LogP contribution in [-0.2, 0) is 34.8 Å². The van der Waals surface area contributed by atoms with Gasteiger partial charge >= 0.3 is 24.4 Å². The predicted octanol–water partition coefficient (Wildman–Crippen LogP) is 11.2. The van der Waals surface area contributed by atoms with Gasteiger partial charge in [0, 0.05) is 81.5 Å². The van der Waals surface area contributed by atoms with Gasteiger partial charge in [-0.2, -0.15) is 26.3 Å². The normalized spacial score (nSPS) is 13.7. The number of rotatable bonds is 17. The Morgan fingerprint density at radius 2 is 0.955 bits per heavy atom. The van der Waals surface area contributed by atoms with Crippen molar-refractivity contribution < 1.29 is 69.5 Å². The van der Waals surface area contributed by atoms with Crippen molar-refractivity contribution in [3.8, 4) is 11.5 Å². The van der Waals surface area contributed by atoms with Crippen LogP contribution in [-0.4, -0.2) is 114 Å². The van der Waals surface area contributed by atoms with Gasteiger partial charge in [0.2, 0.25) is 23.7 Å². The number of imide groups is 2. The number of amides is 6. The number of aliphatic hydroxyl groups is 1. The number of aromatic hydroxyl groups is 1. The van der Waals surface area contributed by atoms with Crippen LogP contribution in [0.1, 0.15) is 74.9 Å². The van der Waals surface area contributed by atoms with Gasteiger partial charge in [0.1, 0.15) is 11.5 Å². The molecule has 2 fully saturated rings. The third kappa shape index (κ3) is 16.0. The molecular formula is C62H61F6N10O9P. The maximum atomic E-state index is 13.2. The highest BCUT2D eigenvalue weighted by Crippen LogP contribution is 2.40. The van der Waals surface area contributed by atoms with Gasteiger partial charge in [-0.1, -0.05) is 128 Å². The molecule has 9 aromatic rings. The molecule has 2 aliphatic heterocycles. The maximum Gasteiger partial charge on any atom is 0.437 e. The van der Waals surface area contributed by atoms with Crippen LogP contribution in [0.3, 0.4) is 0 Å². The molecule has 0 saturated carbocycles. The smallest absolute Gasteiger partial charge is 0.437 e. The molecule has 4 aromatic heterocycles. The SMILES string of the molecule is CCCc1c(O)ccc2c(C(F)(F)F)noc12.CCCc1c(OCCCN2C(=O)CCN(c3ncccn3)C2=O)ccc2c(C(F)(F)F)noc12.O=C1CCN(c2ncccn2)C(=O)N1CCCO.c1ccc(P(c2ccccc2)c2ccccc2)cc1. The first kappa shape index (κ1) is 64.6. The van der Waals surface area contributed by atoms with Gasteiger partial charge in [0.25, 0.3) is 0 Å². The molecule has 19 nitrogen and oxygen atoms in total. The Morgan fingerprint density at radius 1 is 0.545 bits per heavy atom. The average Bonchev–Trinajstić information content (AvgIpc) is 2.29. The first-order valence-corrected chi connectivity index (χ1v) is 29.4. The zero-order chi connectivity index (χ0) is 62.8. The zero-order valence-corrected chi connectivity index (χ0v) is 48.7. The number of anilines is 2. The molecule has 6 amide bonds. The van der Waals surface area contributed by atoms with E-state index in [1.54, 1.807) is 24.5 Å². The minimum atomic E-state index is -4.62. The lowest BCUT2D eigenvalue weighted by atomic mass is 10.0. The number of urea groups is 2. The molecule has 5 aromatic carbocycles. The molecule has 460 valence electrons. The number of benzene rings is 5. The van der Waals surface area contributed by atoms with E-state index in [0.717, 1.165) is 9.80 Å². The summed E-state index contributed by atoms with van der Waals surface area (Å²) in [6.45, 7) is 4.66. The van der Waals surface area contributed by atoms with Gasteiger partial charge in [-0.05, 0) is 85.9 Å². The fraction of sp³-hybridized carbons (Fsp3) is 0.290. The second-order valence-electron chi connectivity index (χ2n) is 19.6. The molecule has 2 saturated heterocycles. The summed E-state index contributed by atoms with van der Waals surface area (Å²) in [5.74, 6) is 0.319. The fourth-order valence-corrected chi connectivity index (χ4v) is 11.8. The maximum absolute atomic E-state index is 13.2. The van der Waals surface area contributed by atoms with Crippen LogP contribution in [0.4, 0.5) is 47.8 Å². The van der Waals surface area contributed by atoms with Gasteiger partial charge in [-0.25, -0.2) is 29.5 Å². The van der Waals surface area contributed by atoms with Crippen LogP contribution in [0.5, 0.6) is 11.5 Å². The number of aryl methyl sites for hydroxylation is 2. The molecule has 0 spiro atoms. The number of aromatic nitrogens is 6. The summed E-state index contributed by atoms with van der Waals surface area (Å²) in [5.41, 5.74) is -1.19. The molecule has 0 aliphatic carbocycles. The Kier molecular flexibility index (Phi) is 22.3. The Labute approximate surface area is 502 Å². The fourth-order valence-electron chi connectivity index (χ4n) is 9.48. The Morgan fingerprint density at radius 3 is 1.38 bits per heavy atom. The van der Waals surface area contributed by atoms with E-state index < -0.39 is 43.7 Å². The van der Waals surface area contributed by atoms with Crippen molar-refractivity contribution in [2.45, 2.75) is 77.6 Å². The Hall–Kier alpha value is -9.35. The zero-order valence-electron chi connectivity index (χ0n) is 47.8. The van der Waals surface area contributed by atoms with Gasteiger partial charge in [-0.3, -0.25) is 29.2 Å². The van der Waals surface area contributed by atoms with Crippen LogP contribution >= 0.6 is 7.92 Å². The van der Waals surface area contributed by atoms with Crippen molar-refractivity contribution >= 4 is 81.5 Å². The lowest BCUT2D eigenvalue weighted by molar-refractivity contribution is -0.142. The molecule has 26 heteroatoms. The summed E-state index contributed by atoms with van der Waals surface area (Å²) in [7, 11) is -0.446. The lowest BCUT2D eigenvalue weighted by Crippen LogP contribution is -2.53. The second kappa shape index (κ2) is 30.3. The van der Waals surface area contributed by atoms with E-state index in [4.69, 9.17) is 18.9 Å². The van der Waals surface area contributed by atoms with Crippen molar-refractivity contribution in [2.24, 2.45) is 0 Å². The van der Waals surface area contributed by atoms with Crippen LogP contribution in [0.2, 0.25) is 0 Å². The quantitative estimate of drug-likeness (QED) is 0.0490. The summed E-state index contributed by atoms with van der Waals surface area (Å²) < 4.78 is 92.8.